The van der Waals surface area contributed by atoms with Crippen LogP contribution in [0.4, 0.5) is 14.5 Å². The van der Waals surface area contributed by atoms with E-state index < -0.39 is 17.6 Å². The molecule has 0 atom stereocenters. The zero-order chi connectivity index (χ0) is 11.4. The maximum absolute atomic E-state index is 12.7. The lowest BCUT2D eigenvalue weighted by atomic mass is 10.2. The first-order valence-corrected chi connectivity index (χ1v) is 4.10. The van der Waals surface area contributed by atoms with E-state index in [9.17, 15) is 13.6 Å². The predicted molar refractivity (Wildman–Crippen MR) is 51.6 cm³/mol. The lowest BCUT2D eigenvalue weighted by Crippen LogP contribution is -2.11. The van der Waals surface area contributed by atoms with Crippen LogP contribution >= 0.6 is 0 Å². The molecule has 0 heterocycles. The number of carbonyl (C=O) groups is 1. The number of anilines is 1. The highest BCUT2D eigenvalue weighted by atomic mass is 19.2. The van der Waals surface area contributed by atoms with E-state index in [4.69, 9.17) is 5.11 Å². The molecule has 0 fully saturated rings. The Hall–Kier alpha value is -1.91. The molecule has 0 spiro atoms. The first-order valence-electron chi connectivity index (χ1n) is 4.10. The Bertz CT molecular complexity index is 404. The molecule has 80 valence electrons. The fourth-order valence-corrected chi connectivity index (χ4v) is 0.890. The van der Waals surface area contributed by atoms with Gasteiger partial charge in [0.1, 0.15) is 0 Å². The zero-order valence-corrected chi connectivity index (χ0v) is 7.76. The van der Waals surface area contributed by atoms with Crippen molar-refractivity contribution in [3.05, 3.63) is 42.0 Å². The molecular weight excluding hydrogens is 204 g/mol. The van der Waals surface area contributed by atoms with Crippen LogP contribution in [0.5, 0.6) is 0 Å². The van der Waals surface area contributed by atoms with Gasteiger partial charge in [0.15, 0.2) is 11.6 Å². The SMILES string of the molecule is C=C(CNc1ccc(F)c(F)c1)C(=O)O. The van der Waals surface area contributed by atoms with Crippen molar-refractivity contribution in [2.75, 3.05) is 11.9 Å². The van der Waals surface area contributed by atoms with Crippen LogP contribution in [0.3, 0.4) is 0 Å². The van der Waals surface area contributed by atoms with E-state index in [0.29, 0.717) is 5.69 Å². The summed E-state index contributed by atoms with van der Waals surface area (Å²) in [6, 6.07) is 3.22. The van der Waals surface area contributed by atoms with E-state index >= 15 is 0 Å². The summed E-state index contributed by atoms with van der Waals surface area (Å²) in [6.07, 6.45) is 0. The number of hydrogen-bond acceptors (Lipinski definition) is 2. The molecule has 0 aromatic heterocycles. The van der Waals surface area contributed by atoms with Crippen LogP contribution in [-0.4, -0.2) is 17.6 Å². The Morgan fingerprint density at radius 1 is 1.40 bits per heavy atom. The molecule has 3 nitrogen and oxygen atoms in total. The normalized spacial score (nSPS) is 9.73. The minimum Gasteiger partial charge on any atom is -0.478 e. The summed E-state index contributed by atoms with van der Waals surface area (Å²) in [4.78, 5) is 10.4. The number of nitrogens with one attached hydrogen (secondary N) is 1. The second-order valence-electron chi connectivity index (χ2n) is 2.89. The summed E-state index contributed by atoms with van der Waals surface area (Å²) in [7, 11) is 0. The van der Waals surface area contributed by atoms with Gasteiger partial charge in [0.25, 0.3) is 0 Å². The van der Waals surface area contributed by atoms with E-state index in [-0.39, 0.29) is 12.1 Å². The first kappa shape index (κ1) is 11.2. The minimum absolute atomic E-state index is 0.0274. The standard InChI is InChI=1S/C10H9F2NO2/c1-6(10(14)15)5-13-7-2-3-8(11)9(12)4-7/h2-4,13H,1,5H2,(H,14,15). The highest BCUT2D eigenvalue weighted by Crippen LogP contribution is 2.13. The Morgan fingerprint density at radius 2 is 2.07 bits per heavy atom. The van der Waals surface area contributed by atoms with Crippen LogP contribution in [0.1, 0.15) is 0 Å². The Labute approximate surface area is 85.0 Å². The van der Waals surface area contributed by atoms with Crippen LogP contribution in [0.2, 0.25) is 0 Å². The van der Waals surface area contributed by atoms with Crippen molar-refractivity contribution >= 4 is 11.7 Å². The summed E-state index contributed by atoms with van der Waals surface area (Å²) < 4.78 is 25.2. The van der Waals surface area contributed by atoms with Gasteiger partial charge in [-0.15, -0.1) is 0 Å². The number of halogens is 2. The lowest BCUT2D eigenvalue weighted by molar-refractivity contribution is -0.132. The smallest absolute Gasteiger partial charge is 0.332 e. The molecular formula is C10H9F2NO2. The molecule has 0 unspecified atom stereocenters. The van der Waals surface area contributed by atoms with Gasteiger partial charge in [0.2, 0.25) is 0 Å². The Balaban J connectivity index is 2.62. The second kappa shape index (κ2) is 4.54. The Kier molecular flexibility index (Phi) is 3.38. The molecule has 15 heavy (non-hydrogen) atoms. The number of rotatable bonds is 4. The van der Waals surface area contributed by atoms with Crippen LogP contribution in [0, 0.1) is 11.6 Å². The quantitative estimate of drug-likeness (QED) is 0.752. The molecule has 1 aromatic rings. The van der Waals surface area contributed by atoms with Gasteiger partial charge in [-0.1, -0.05) is 6.58 Å². The number of benzene rings is 1. The molecule has 0 aliphatic rings. The maximum Gasteiger partial charge on any atom is 0.332 e. The molecule has 0 saturated heterocycles. The monoisotopic (exact) mass is 213 g/mol. The molecule has 5 heteroatoms. The van der Waals surface area contributed by atoms with Gasteiger partial charge in [-0.25, -0.2) is 13.6 Å². The molecule has 0 bridgehead atoms. The lowest BCUT2D eigenvalue weighted by Gasteiger charge is -2.06. The molecule has 0 saturated carbocycles. The molecule has 1 aromatic carbocycles. The molecule has 0 aliphatic heterocycles. The molecule has 1 rings (SSSR count). The summed E-state index contributed by atoms with van der Waals surface area (Å²) in [6.45, 7) is 3.25. The van der Waals surface area contributed by atoms with Gasteiger partial charge in [-0.3, -0.25) is 0 Å². The third kappa shape index (κ3) is 3.05. The fraction of sp³-hybridized carbons (Fsp3) is 0.100. The van der Waals surface area contributed by atoms with Gasteiger partial charge in [-0.05, 0) is 12.1 Å². The van der Waals surface area contributed by atoms with Crippen molar-refractivity contribution in [2.45, 2.75) is 0 Å². The third-order valence-corrected chi connectivity index (χ3v) is 1.73. The van der Waals surface area contributed by atoms with Crippen molar-refractivity contribution in [1.29, 1.82) is 0 Å². The van der Waals surface area contributed by atoms with Crippen molar-refractivity contribution < 1.29 is 18.7 Å². The average molecular weight is 213 g/mol. The fourth-order valence-electron chi connectivity index (χ4n) is 0.890. The first-order chi connectivity index (χ1) is 7.00. The van der Waals surface area contributed by atoms with Gasteiger partial charge in [0.05, 0.1) is 0 Å². The molecule has 0 radical (unpaired) electrons. The number of carboxylic acids is 1. The summed E-state index contributed by atoms with van der Waals surface area (Å²) >= 11 is 0. The van der Waals surface area contributed by atoms with Gasteiger partial charge in [-0.2, -0.15) is 0 Å². The van der Waals surface area contributed by atoms with E-state index in [1.165, 1.54) is 6.07 Å². The van der Waals surface area contributed by atoms with E-state index in [0.717, 1.165) is 12.1 Å². The average Bonchev–Trinajstić information content (AvgIpc) is 2.19. The minimum atomic E-state index is -1.13. The summed E-state index contributed by atoms with van der Waals surface area (Å²) in [5.41, 5.74) is 0.246. The van der Waals surface area contributed by atoms with E-state index in [2.05, 4.69) is 11.9 Å². The zero-order valence-electron chi connectivity index (χ0n) is 7.76. The van der Waals surface area contributed by atoms with Crippen LogP contribution in [-0.2, 0) is 4.79 Å². The van der Waals surface area contributed by atoms with E-state index in [1.54, 1.807) is 0 Å². The topological polar surface area (TPSA) is 49.3 Å². The maximum atomic E-state index is 12.7. The molecule has 0 aliphatic carbocycles. The molecule has 0 amide bonds. The number of hydrogen-bond donors (Lipinski definition) is 2. The highest BCUT2D eigenvalue weighted by Gasteiger charge is 2.05. The Morgan fingerprint density at radius 3 is 2.60 bits per heavy atom. The van der Waals surface area contributed by atoms with Crippen molar-refractivity contribution in [3.8, 4) is 0 Å². The number of aliphatic carboxylic acids is 1. The van der Waals surface area contributed by atoms with Crippen LogP contribution in [0.25, 0.3) is 0 Å². The van der Waals surface area contributed by atoms with Gasteiger partial charge in [0, 0.05) is 23.9 Å². The summed E-state index contributed by atoms with van der Waals surface area (Å²) in [5.74, 6) is -3.07. The van der Waals surface area contributed by atoms with Crippen molar-refractivity contribution in [3.63, 3.8) is 0 Å². The van der Waals surface area contributed by atoms with Crippen molar-refractivity contribution in [1.82, 2.24) is 0 Å². The third-order valence-electron chi connectivity index (χ3n) is 1.73. The van der Waals surface area contributed by atoms with Gasteiger partial charge < -0.3 is 10.4 Å². The van der Waals surface area contributed by atoms with Crippen LogP contribution in [0.15, 0.2) is 30.4 Å². The van der Waals surface area contributed by atoms with E-state index in [1.807, 2.05) is 0 Å². The van der Waals surface area contributed by atoms with Gasteiger partial charge >= 0.3 is 5.97 Å². The molecule has 2 N–H and O–H groups in total. The van der Waals surface area contributed by atoms with Crippen LogP contribution < -0.4 is 5.32 Å². The second-order valence-corrected chi connectivity index (χ2v) is 2.89. The van der Waals surface area contributed by atoms with Crippen molar-refractivity contribution in [2.24, 2.45) is 0 Å². The number of carboxylic acid groups (broad SMARTS) is 1. The highest BCUT2D eigenvalue weighted by molar-refractivity contribution is 5.86. The predicted octanol–water partition coefficient (Wildman–Crippen LogP) is 2.02. The largest absolute Gasteiger partial charge is 0.478 e. The summed E-state index contributed by atoms with van der Waals surface area (Å²) in [5, 5.41) is 11.1.